The van der Waals surface area contributed by atoms with Gasteiger partial charge >= 0.3 is 0 Å². The van der Waals surface area contributed by atoms with Crippen molar-refractivity contribution in [3.8, 4) is 5.75 Å². The Morgan fingerprint density at radius 3 is 2.45 bits per heavy atom. The first-order valence-electron chi connectivity index (χ1n) is 6.90. The van der Waals surface area contributed by atoms with Crippen LogP contribution in [0.4, 0.5) is 5.69 Å². The van der Waals surface area contributed by atoms with E-state index < -0.39 is 0 Å². The van der Waals surface area contributed by atoms with Crippen molar-refractivity contribution in [2.24, 2.45) is 0 Å². The molecule has 2 aromatic rings. The van der Waals surface area contributed by atoms with E-state index in [1.807, 2.05) is 19.1 Å². The molecule has 2 amide bonds. The molecular weight excluding hydrogens is 280 g/mol. The highest BCUT2D eigenvalue weighted by Gasteiger charge is 2.10. The Bertz CT molecular complexity index is 711. The van der Waals surface area contributed by atoms with Crippen LogP contribution >= 0.6 is 0 Å². The summed E-state index contributed by atoms with van der Waals surface area (Å²) in [7, 11) is 0. The van der Waals surface area contributed by atoms with E-state index in [1.165, 1.54) is 6.07 Å². The van der Waals surface area contributed by atoms with Crippen LogP contribution in [0.1, 0.15) is 21.5 Å². The molecule has 0 aliphatic heterocycles. The number of hydrogen-bond acceptors (Lipinski definition) is 3. The quantitative estimate of drug-likeness (QED) is 0.811. The molecule has 0 bridgehead atoms. The van der Waals surface area contributed by atoms with Crippen molar-refractivity contribution >= 4 is 17.5 Å². The molecule has 5 nitrogen and oxygen atoms in total. The SMILES string of the molecule is Cc1ccc(NC(=O)CNC(=O)c2ccccc2C)cc1O. The van der Waals surface area contributed by atoms with Crippen LogP contribution < -0.4 is 10.6 Å². The van der Waals surface area contributed by atoms with Crippen molar-refractivity contribution in [1.29, 1.82) is 0 Å². The number of phenolic OH excluding ortho intramolecular Hbond substituents is 1. The maximum Gasteiger partial charge on any atom is 0.251 e. The lowest BCUT2D eigenvalue weighted by molar-refractivity contribution is -0.115. The third-order valence-electron chi connectivity index (χ3n) is 3.29. The molecule has 2 rings (SSSR count). The van der Waals surface area contributed by atoms with Crippen molar-refractivity contribution < 1.29 is 14.7 Å². The Hall–Kier alpha value is -2.82. The summed E-state index contributed by atoms with van der Waals surface area (Å²) >= 11 is 0. The molecule has 2 aromatic carbocycles. The van der Waals surface area contributed by atoms with Gasteiger partial charge in [0, 0.05) is 17.3 Å². The first-order valence-corrected chi connectivity index (χ1v) is 6.90. The second-order valence-corrected chi connectivity index (χ2v) is 5.05. The summed E-state index contributed by atoms with van der Waals surface area (Å²) in [6.07, 6.45) is 0. The summed E-state index contributed by atoms with van der Waals surface area (Å²) in [6.45, 7) is 3.47. The molecule has 0 atom stereocenters. The van der Waals surface area contributed by atoms with Gasteiger partial charge in [0.15, 0.2) is 0 Å². The highest BCUT2D eigenvalue weighted by molar-refractivity contribution is 6.00. The summed E-state index contributed by atoms with van der Waals surface area (Å²) in [4.78, 5) is 23.8. The highest BCUT2D eigenvalue weighted by atomic mass is 16.3. The molecule has 0 aliphatic rings. The number of hydrogen-bond donors (Lipinski definition) is 3. The summed E-state index contributed by atoms with van der Waals surface area (Å²) in [5.74, 6) is -0.535. The lowest BCUT2D eigenvalue weighted by atomic mass is 10.1. The van der Waals surface area contributed by atoms with Crippen LogP contribution in [0.15, 0.2) is 42.5 Å². The molecule has 0 spiro atoms. The van der Waals surface area contributed by atoms with E-state index in [0.717, 1.165) is 11.1 Å². The topological polar surface area (TPSA) is 78.4 Å². The van der Waals surface area contributed by atoms with E-state index in [4.69, 9.17) is 0 Å². The fourth-order valence-corrected chi connectivity index (χ4v) is 1.98. The normalized spacial score (nSPS) is 10.1. The standard InChI is InChI=1S/C17H18N2O3/c1-11-5-3-4-6-14(11)17(22)18-10-16(21)19-13-8-7-12(2)15(20)9-13/h3-9,20H,10H2,1-2H3,(H,18,22)(H,19,21). The van der Waals surface area contributed by atoms with E-state index >= 15 is 0 Å². The fraction of sp³-hybridized carbons (Fsp3) is 0.176. The predicted molar refractivity (Wildman–Crippen MR) is 85.0 cm³/mol. The Morgan fingerprint density at radius 1 is 1.05 bits per heavy atom. The van der Waals surface area contributed by atoms with Crippen molar-refractivity contribution in [1.82, 2.24) is 5.32 Å². The Morgan fingerprint density at radius 2 is 1.77 bits per heavy atom. The number of carbonyl (C=O) groups is 2. The number of aryl methyl sites for hydroxylation is 2. The highest BCUT2D eigenvalue weighted by Crippen LogP contribution is 2.20. The number of carbonyl (C=O) groups excluding carboxylic acids is 2. The van der Waals surface area contributed by atoms with Crippen LogP contribution in [0.5, 0.6) is 5.75 Å². The molecule has 3 N–H and O–H groups in total. The number of benzene rings is 2. The van der Waals surface area contributed by atoms with Gasteiger partial charge in [-0.15, -0.1) is 0 Å². The van der Waals surface area contributed by atoms with Gasteiger partial charge in [0.25, 0.3) is 5.91 Å². The van der Waals surface area contributed by atoms with E-state index in [1.54, 1.807) is 31.2 Å². The number of anilines is 1. The molecule has 0 unspecified atom stereocenters. The van der Waals surface area contributed by atoms with E-state index in [0.29, 0.717) is 11.3 Å². The summed E-state index contributed by atoms with van der Waals surface area (Å²) in [6, 6.07) is 12.0. The number of aromatic hydroxyl groups is 1. The van der Waals surface area contributed by atoms with Crippen molar-refractivity contribution in [2.45, 2.75) is 13.8 Å². The summed E-state index contributed by atoms with van der Waals surface area (Å²) in [5.41, 5.74) is 2.61. The van der Waals surface area contributed by atoms with Crippen LogP contribution in [0.25, 0.3) is 0 Å². The third kappa shape index (κ3) is 3.85. The second-order valence-electron chi connectivity index (χ2n) is 5.05. The van der Waals surface area contributed by atoms with Crippen molar-refractivity contribution in [3.63, 3.8) is 0 Å². The van der Waals surface area contributed by atoms with Crippen LogP contribution in [-0.4, -0.2) is 23.5 Å². The van der Waals surface area contributed by atoms with E-state index in [-0.39, 0.29) is 24.1 Å². The predicted octanol–water partition coefficient (Wildman–Crippen LogP) is 2.38. The molecule has 0 aliphatic carbocycles. The van der Waals surface area contributed by atoms with Gasteiger partial charge in [-0.25, -0.2) is 0 Å². The van der Waals surface area contributed by atoms with Gasteiger partial charge < -0.3 is 15.7 Å². The van der Waals surface area contributed by atoms with Crippen molar-refractivity contribution in [2.75, 3.05) is 11.9 Å². The number of amides is 2. The Kier molecular flexibility index (Phi) is 4.78. The van der Waals surface area contributed by atoms with E-state index in [9.17, 15) is 14.7 Å². The van der Waals surface area contributed by atoms with Gasteiger partial charge in [-0.1, -0.05) is 24.3 Å². The lowest BCUT2D eigenvalue weighted by Gasteiger charge is -2.09. The zero-order valence-corrected chi connectivity index (χ0v) is 12.5. The van der Waals surface area contributed by atoms with Gasteiger partial charge in [-0.3, -0.25) is 9.59 Å². The first-order chi connectivity index (χ1) is 10.5. The summed E-state index contributed by atoms with van der Waals surface area (Å²) < 4.78 is 0. The minimum absolute atomic E-state index is 0.113. The lowest BCUT2D eigenvalue weighted by Crippen LogP contribution is -2.33. The molecule has 0 saturated heterocycles. The van der Waals surface area contributed by atoms with Gasteiger partial charge in [0.05, 0.1) is 6.54 Å². The molecular formula is C17H18N2O3. The Balaban J connectivity index is 1.91. The molecule has 22 heavy (non-hydrogen) atoms. The molecule has 0 saturated carbocycles. The Labute approximate surface area is 129 Å². The zero-order chi connectivity index (χ0) is 16.1. The monoisotopic (exact) mass is 298 g/mol. The molecule has 0 fully saturated rings. The van der Waals surface area contributed by atoms with Gasteiger partial charge in [-0.2, -0.15) is 0 Å². The number of rotatable bonds is 4. The largest absolute Gasteiger partial charge is 0.508 e. The van der Waals surface area contributed by atoms with Crippen LogP contribution in [0.2, 0.25) is 0 Å². The van der Waals surface area contributed by atoms with Gasteiger partial charge in [0.1, 0.15) is 5.75 Å². The number of nitrogens with one attached hydrogen (secondary N) is 2. The molecule has 5 heteroatoms. The molecule has 0 aromatic heterocycles. The molecule has 0 heterocycles. The van der Waals surface area contributed by atoms with Crippen LogP contribution in [0, 0.1) is 13.8 Å². The smallest absolute Gasteiger partial charge is 0.251 e. The minimum atomic E-state index is -0.356. The van der Waals surface area contributed by atoms with Crippen LogP contribution in [0.3, 0.4) is 0 Å². The molecule has 0 radical (unpaired) electrons. The zero-order valence-electron chi connectivity index (χ0n) is 12.5. The maximum absolute atomic E-state index is 12.0. The second kappa shape index (κ2) is 6.76. The van der Waals surface area contributed by atoms with E-state index in [2.05, 4.69) is 10.6 Å². The van der Waals surface area contributed by atoms with Gasteiger partial charge in [-0.05, 0) is 37.1 Å². The maximum atomic E-state index is 12.0. The minimum Gasteiger partial charge on any atom is -0.508 e. The summed E-state index contributed by atoms with van der Waals surface area (Å²) in [5, 5.41) is 14.8. The molecule has 114 valence electrons. The first kappa shape index (κ1) is 15.6. The third-order valence-corrected chi connectivity index (χ3v) is 3.29. The van der Waals surface area contributed by atoms with Gasteiger partial charge in [0.2, 0.25) is 5.91 Å². The van der Waals surface area contributed by atoms with Crippen molar-refractivity contribution in [3.05, 3.63) is 59.2 Å². The average molecular weight is 298 g/mol. The number of phenols is 1. The fourth-order valence-electron chi connectivity index (χ4n) is 1.98. The van der Waals surface area contributed by atoms with Crippen LogP contribution in [-0.2, 0) is 4.79 Å². The average Bonchev–Trinajstić information content (AvgIpc) is 2.49.